The molecule has 5 nitrogen and oxygen atoms in total. The molecule has 0 spiro atoms. The molecule has 1 heterocycles. The lowest BCUT2D eigenvalue weighted by atomic mass is 10.2. The largest absolute Gasteiger partial charge is 0.382 e. The maximum atomic E-state index is 5.36. The van der Waals surface area contributed by atoms with Crippen molar-refractivity contribution in [3.8, 4) is 0 Å². The normalized spacial score (nSPS) is 12.4. The van der Waals surface area contributed by atoms with E-state index >= 15 is 0 Å². The Balaban J connectivity index is 2.63. The van der Waals surface area contributed by atoms with Gasteiger partial charge in [-0.05, 0) is 26.0 Å². The molecule has 0 amide bonds. The van der Waals surface area contributed by atoms with Gasteiger partial charge in [-0.1, -0.05) is 6.92 Å². The van der Waals surface area contributed by atoms with Gasteiger partial charge in [0.2, 0.25) is 0 Å². The number of ether oxygens (including phenoxy) is 2. The first-order valence-corrected chi connectivity index (χ1v) is 7.13. The van der Waals surface area contributed by atoms with Gasteiger partial charge in [-0.3, -0.25) is 4.98 Å². The third-order valence-corrected chi connectivity index (χ3v) is 3.07. The first-order chi connectivity index (χ1) is 9.71. The molecule has 1 aromatic heterocycles. The first kappa shape index (κ1) is 16.9. The summed E-state index contributed by atoms with van der Waals surface area (Å²) in [6, 6.07) is 2.07. The monoisotopic (exact) mass is 281 g/mol. The highest BCUT2D eigenvalue weighted by atomic mass is 16.5. The van der Waals surface area contributed by atoms with Gasteiger partial charge in [0.1, 0.15) is 0 Å². The van der Waals surface area contributed by atoms with Crippen molar-refractivity contribution in [2.75, 3.05) is 39.2 Å². The van der Waals surface area contributed by atoms with E-state index in [1.807, 2.05) is 13.1 Å². The molecule has 0 saturated carbocycles. The van der Waals surface area contributed by atoms with Crippen LogP contribution in [0.15, 0.2) is 12.3 Å². The molecular weight excluding hydrogens is 254 g/mol. The number of aromatic nitrogens is 1. The molecule has 1 rings (SSSR count). The second-order valence-electron chi connectivity index (χ2n) is 4.85. The zero-order chi connectivity index (χ0) is 14.8. The zero-order valence-electron chi connectivity index (χ0n) is 13.0. The Hall–Kier alpha value is -1.17. The Morgan fingerprint density at radius 2 is 2.15 bits per heavy atom. The Kier molecular flexibility index (Phi) is 8.18. The molecule has 0 aliphatic carbocycles. The van der Waals surface area contributed by atoms with Crippen LogP contribution in [0.25, 0.3) is 0 Å². The van der Waals surface area contributed by atoms with Crippen molar-refractivity contribution in [2.24, 2.45) is 0 Å². The van der Waals surface area contributed by atoms with E-state index in [1.165, 1.54) is 5.56 Å². The molecule has 5 heteroatoms. The number of hydrogen-bond donors (Lipinski definition) is 2. The van der Waals surface area contributed by atoms with Crippen LogP contribution < -0.4 is 10.6 Å². The van der Waals surface area contributed by atoms with Crippen LogP contribution >= 0.6 is 0 Å². The van der Waals surface area contributed by atoms with Gasteiger partial charge in [0.25, 0.3) is 0 Å². The van der Waals surface area contributed by atoms with Crippen molar-refractivity contribution < 1.29 is 9.47 Å². The zero-order valence-corrected chi connectivity index (χ0v) is 13.0. The van der Waals surface area contributed by atoms with Crippen LogP contribution in [-0.4, -0.2) is 45.0 Å². The smallest absolute Gasteiger partial charge is 0.0976 e. The maximum Gasteiger partial charge on any atom is 0.0976 e. The van der Waals surface area contributed by atoms with Gasteiger partial charge in [0.15, 0.2) is 0 Å². The van der Waals surface area contributed by atoms with Crippen LogP contribution in [0, 0.1) is 6.92 Å². The van der Waals surface area contributed by atoms with Crippen LogP contribution in [0.3, 0.4) is 0 Å². The van der Waals surface area contributed by atoms with E-state index in [0.717, 1.165) is 30.9 Å². The molecule has 0 saturated heterocycles. The second-order valence-corrected chi connectivity index (χ2v) is 4.85. The summed E-state index contributed by atoms with van der Waals surface area (Å²) in [5, 5.41) is 6.83. The summed E-state index contributed by atoms with van der Waals surface area (Å²) in [5.41, 5.74) is 3.29. The number of rotatable bonds is 10. The number of pyridine rings is 1. The van der Waals surface area contributed by atoms with Crippen LogP contribution in [0.2, 0.25) is 0 Å². The van der Waals surface area contributed by atoms with Gasteiger partial charge in [-0.15, -0.1) is 0 Å². The minimum Gasteiger partial charge on any atom is -0.382 e. The van der Waals surface area contributed by atoms with Crippen molar-refractivity contribution in [1.82, 2.24) is 10.3 Å². The number of methoxy groups -OCH3 is 2. The summed E-state index contributed by atoms with van der Waals surface area (Å²) < 4.78 is 10.5. The number of anilines is 1. The molecule has 2 N–H and O–H groups in total. The van der Waals surface area contributed by atoms with Crippen LogP contribution in [0.1, 0.15) is 24.6 Å². The molecular formula is C15H27N3O2. The minimum atomic E-state index is 0.0462. The number of aryl methyl sites for hydroxylation is 1. The molecule has 1 aromatic rings. The minimum absolute atomic E-state index is 0.0462. The molecule has 0 aromatic carbocycles. The van der Waals surface area contributed by atoms with Crippen molar-refractivity contribution in [3.63, 3.8) is 0 Å². The van der Waals surface area contributed by atoms with Gasteiger partial charge in [-0.25, -0.2) is 0 Å². The summed E-state index contributed by atoms with van der Waals surface area (Å²) in [6.45, 7) is 7.29. The summed E-state index contributed by atoms with van der Waals surface area (Å²) in [5.74, 6) is 0. The van der Waals surface area contributed by atoms with Crippen molar-refractivity contribution in [1.29, 1.82) is 0 Å². The molecule has 0 aliphatic heterocycles. The Bertz CT molecular complexity index is 385. The standard InChI is InChI=1S/C15H27N3O2/c1-5-6-16-8-13-9-17-12(2)7-15(13)18-10-14(20-4)11-19-3/h7,9,14,16H,5-6,8,10-11H2,1-4H3,(H,17,18). The Morgan fingerprint density at radius 1 is 1.35 bits per heavy atom. The average Bonchev–Trinajstić information content (AvgIpc) is 2.45. The topological polar surface area (TPSA) is 55.4 Å². The van der Waals surface area contributed by atoms with E-state index in [2.05, 4.69) is 28.6 Å². The molecule has 0 aliphatic rings. The fraction of sp³-hybridized carbons (Fsp3) is 0.667. The lowest BCUT2D eigenvalue weighted by Crippen LogP contribution is -2.27. The van der Waals surface area contributed by atoms with E-state index in [1.54, 1.807) is 14.2 Å². The fourth-order valence-electron chi connectivity index (χ4n) is 1.91. The maximum absolute atomic E-state index is 5.36. The highest BCUT2D eigenvalue weighted by Crippen LogP contribution is 2.16. The van der Waals surface area contributed by atoms with Gasteiger partial charge in [-0.2, -0.15) is 0 Å². The van der Waals surface area contributed by atoms with E-state index in [4.69, 9.17) is 9.47 Å². The van der Waals surface area contributed by atoms with Gasteiger partial charge in [0.05, 0.1) is 12.7 Å². The number of hydrogen-bond acceptors (Lipinski definition) is 5. The Morgan fingerprint density at radius 3 is 2.80 bits per heavy atom. The van der Waals surface area contributed by atoms with Gasteiger partial charge < -0.3 is 20.1 Å². The Labute approximate surface area is 122 Å². The molecule has 114 valence electrons. The molecule has 0 fully saturated rings. The van der Waals surface area contributed by atoms with Gasteiger partial charge in [0, 0.05) is 50.5 Å². The first-order valence-electron chi connectivity index (χ1n) is 7.13. The molecule has 0 radical (unpaired) electrons. The van der Waals surface area contributed by atoms with Gasteiger partial charge >= 0.3 is 0 Å². The lowest BCUT2D eigenvalue weighted by Gasteiger charge is -2.18. The SMILES string of the molecule is CCCNCc1cnc(C)cc1NCC(COC)OC. The van der Waals surface area contributed by atoms with E-state index in [9.17, 15) is 0 Å². The third-order valence-electron chi connectivity index (χ3n) is 3.07. The highest BCUT2D eigenvalue weighted by molar-refractivity contribution is 5.51. The van der Waals surface area contributed by atoms with Crippen LogP contribution in [-0.2, 0) is 16.0 Å². The van der Waals surface area contributed by atoms with E-state index < -0.39 is 0 Å². The quantitative estimate of drug-likeness (QED) is 0.642. The summed E-state index contributed by atoms with van der Waals surface area (Å²) in [7, 11) is 3.38. The van der Waals surface area contributed by atoms with Crippen LogP contribution in [0.4, 0.5) is 5.69 Å². The van der Waals surface area contributed by atoms with Crippen molar-refractivity contribution >= 4 is 5.69 Å². The number of nitrogens with one attached hydrogen (secondary N) is 2. The molecule has 0 bridgehead atoms. The second kappa shape index (κ2) is 9.69. The summed E-state index contributed by atoms with van der Waals surface area (Å²) >= 11 is 0. The fourth-order valence-corrected chi connectivity index (χ4v) is 1.91. The third kappa shape index (κ3) is 5.86. The molecule has 1 atom stereocenters. The van der Waals surface area contributed by atoms with Crippen LogP contribution in [0.5, 0.6) is 0 Å². The van der Waals surface area contributed by atoms with Crippen molar-refractivity contribution in [2.45, 2.75) is 32.9 Å². The number of nitrogens with zero attached hydrogens (tertiary/aromatic N) is 1. The highest BCUT2D eigenvalue weighted by Gasteiger charge is 2.09. The summed E-state index contributed by atoms with van der Waals surface area (Å²) in [4.78, 5) is 4.37. The van der Waals surface area contributed by atoms with E-state index in [0.29, 0.717) is 13.2 Å². The summed E-state index contributed by atoms with van der Waals surface area (Å²) in [6.07, 6.45) is 3.10. The molecule has 20 heavy (non-hydrogen) atoms. The van der Waals surface area contributed by atoms with Crippen molar-refractivity contribution in [3.05, 3.63) is 23.5 Å². The molecule has 1 unspecified atom stereocenters. The predicted molar refractivity (Wildman–Crippen MR) is 82.1 cm³/mol. The lowest BCUT2D eigenvalue weighted by molar-refractivity contribution is 0.0365. The predicted octanol–water partition coefficient (Wildman–Crippen LogP) is 1.96. The van der Waals surface area contributed by atoms with E-state index in [-0.39, 0.29) is 6.10 Å². The average molecular weight is 281 g/mol.